The van der Waals surface area contributed by atoms with E-state index in [9.17, 15) is 9.59 Å². The second kappa shape index (κ2) is 7.40. The average molecular weight is 309 g/mol. The molecule has 2 rings (SSSR count). The Morgan fingerprint density at radius 3 is 2.48 bits per heavy atom. The number of carbonyl (C=O) groups excluding carboxylic acids is 2. The van der Waals surface area contributed by atoms with Gasteiger partial charge in [0.1, 0.15) is 5.75 Å². The maximum atomic E-state index is 12.2. The van der Waals surface area contributed by atoms with Gasteiger partial charge in [0.15, 0.2) is 0 Å². The van der Waals surface area contributed by atoms with Crippen LogP contribution in [0.15, 0.2) is 55.1 Å². The third kappa shape index (κ3) is 4.54. The molecule has 23 heavy (non-hydrogen) atoms. The minimum absolute atomic E-state index is 0.233. The van der Waals surface area contributed by atoms with Crippen molar-refractivity contribution < 1.29 is 14.3 Å². The molecular weight excluding hydrogens is 290 g/mol. The van der Waals surface area contributed by atoms with Crippen molar-refractivity contribution in [3.8, 4) is 5.75 Å². The third-order valence-electron chi connectivity index (χ3n) is 3.39. The Morgan fingerprint density at radius 2 is 1.83 bits per heavy atom. The van der Waals surface area contributed by atoms with Crippen LogP contribution in [0.2, 0.25) is 0 Å². The van der Waals surface area contributed by atoms with Crippen molar-refractivity contribution in [1.82, 2.24) is 5.32 Å². The number of rotatable bonds is 5. The molecular formula is C19H19NO3. The monoisotopic (exact) mass is 309 g/mol. The molecule has 1 N–H and O–H groups in total. The standard InChI is InChI=1S/C19H19NO3/c1-4-18(21)20-12-15-7-9-16(10-8-15)19(22)23-17-11-13(2)5-6-14(17)3/h4-11H,1,12H2,2-3H3,(H,20,21). The molecule has 0 atom stereocenters. The Labute approximate surface area is 135 Å². The second-order valence-corrected chi connectivity index (χ2v) is 5.28. The van der Waals surface area contributed by atoms with E-state index in [-0.39, 0.29) is 5.91 Å². The van der Waals surface area contributed by atoms with Crippen LogP contribution in [0.25, 0.3) is 0 Å². The Kier molecular flexibility index (Phi) is 5.31. The van der Waals surface area contributed by atoms with Gasteiger partial charge in [0.25, 0.3) is 0 Å². The largest absolute Gasteiger partial charge is 0.423 e. The molecule has 0 aromatic heterocycles. The summed E-state index contributed by atoms with van der Waals surface area (Å²) in [5.74, 6) is -0.0684. The summed E-state index contributed by atoms with van der Waals surface area (Å²) < 4.78 is 5.45. The highest BCUT2D eigenvalue weighted by molar-refractivity contribution is 5.91. The van der Waals surface area contributed by atoms with Crippen LogP contribution in [0.3, 0.4) is 0 Å². The van der Waals surface area contributed by atoms with E-state index in [0.29, 0.717) is 17.9 Å². The summed E-state index contributed by atoms with van der Waals surface area (Å²) in [4.78, 5) is 23.3. The molecule has 0 saturated carbocycles. The maximum Gasteiger partial charge on any atom is 0.343 e. The lowest BCUT2D eigenvalue weighted by Crippen LogP contribution is -2.20. The van der Waals surface area contributed by atoms with Gasteiger partial charge >= 0.3 is 5.97 Å². The van der Waals surface area contributed by atoms with Crippen molar-refractivity contribution in [1.29, 1.82) is 0 Å². The van der Waals surface area contributed by atoms with E-state index in [1.807, 2.05) is 32.0 Å². The van der Waals surface area contributed by atoms with Gasteiger partial charge in [-0.15, -0.1) is 0 Å². The average Bonchev–Trinajstić information content (AvgIpc) is 2.56. The Hall–Kier alpha value is -2.88. The van der Waals surface area contributed by atoms with Gasteiger partial charge < -0.3 is 10.1 Å². The molecule has 1 amide bonds. The highest BCUT2D eigenvalue weighted by Crippen LogP contribution is 2.20. The normalized spacial score (nSPS) is 10.0. The first-order valence-electron chi connectivity index (χ1n) is 7.28. The summed E-state index contributed by atoms with van der Waals surface area (Å²) in [6, 6.07) is 12.7. The first-order valence-corrected chi connectivity index (χ1v) is 7.28. The van der Waals surface area contributed by atoms with Crippen LogP contribution in [-0.2, 0) is 11.3 Å². The van der Waals surface area contributed by atoms with Crippen molar-refractivity contribution in [2.24, 2.45) is 0 Å². The van der Waals surface area contributed by atoms with E-state index >= 15 is 0 Å². The summed E-state index contributed by atoms with van der Waals surface area (Å²) in [5, 5.41) is 2.68. The van der Waals surface area contributed by atoms with Crippen LogP contribution in [-0.4, -0.2) is 11.9 Å². The number of nitrogens with one attached hydrogen (secondary N) is 1. The van der Waals surface area contributed by atoms with Gasteiger partial charge in [-0.3, -0.25) is 4.79 Å². The molecule has 0 unspecified atom stereocenters. The predicted molar refractivity (Wildman–Crippen MR) is 89.4 cm³/mol. The molecule has 0 spiro atoms. The Balaban J connectivity index is 2.04. The van der Waals surface area contributed by atoms with Crippen LogP contribution >= 0.6 is 0 Å². The van der Waals surface area contributed by atoms with E-state index in [1.54, 1.807) is 24.3 Å². The van der Waals surface area contributed by atoms with E-state index < -0.39 is 5.97 Å². The van der Waals surface area contributed by atoms with Gasteiger partial charge in [-0.2, -0.15) is 0 Å². The van der Waals surface area contributed by atoms with Crippen molar-refractivity contribution in [3.63, 3.8) is 0 Å². The number of hydrogen-bond donors (Lipinski definition) is 1. The summed E-state index contributed by atoms with van der Waals surface area (Å²) >= 11 is 0. The molecule has 0 aliphatic carbocycles. The molecule has 2 aromatic rings. The molecule has 0 radical (unpaired) electrons. The topological polar surface area (TPSA) is 55.4 Å². The third-order valence-corrected chi connectivity index (χ3v) is 3.39. The summed E-state index contributed by atoms with van der Waals surface area (Å²) in [5.41, 5.74) is 3.30. The zero-order valence-corrected chi connectivity index (χ0v) is 13.3. The maximum absolute atomic E-state index is 12.2. The van der Waals surface area contributed by atoms with Gasteiger partial charge in [-0.1, -0.05) is 30.8 Å². The fourth-order valence-corrected chi connectivity index (χ4v) is 2.00. The lowest BCUT2D eigenvalue weighted by Gasteiger charge is -2.09. The lowest BCUT2D eigenvalue weighted by atomic mass is 10.1. The molecule has 118 valence electrons. The van der Waals surface area contributed by atoms with Crippen LogP contribution < -0.4 is 10.1 Å². The van der Waals surface area contributed by atoms with Crippen molar-refractivity contribution in [2.45, 2.75) is 20.4 Å². The first kappa shape index (κ1) is 16.5. The van der Waals surface area contributed by atoms with Crippen molar-refractivity contribution in [2.75, 3.05) is 0 Å². The molecule has 0 heterocycles. The van der Waals surface area contributed by atoms with Gasteiger partial charge in [-0.25, -0.2) is 4.79 Å². The van der Waals surface area contributed by atoms with E-state index in [2.05, 4.69) is 11.9 Å². The molecule has 0 aliphatic heterocycles. The Bertz CT molecular complexity index is 733. The minimum Gasteiger partial charge on any atom is -0.423 e. The summed E-state index contributed by atoms with van der Waals surface area (Å²) in [7, 11) is 0. The smallest absolute Gasteiger partial charge is 0.343 e. The van der Waals surface area contributed by atoms with Crippen molar-refractivity contribution in [3.05, 3.63) is 77.4 Å². The first-order chi connectivity index (χ1) is 11.0. The van der Waals surface area contributed by atoms with E-state index in [4.69, 9.17) is 4.74 Å². The van der Waals surface area contributed by atoms with E-state index in [1.165, 1.54) is 6.08 Å². The van der Waals surface area contributed by atoms with Crippen LogP contribution in [0.4, 0.5) is 0 Å². The summed E-state index contributed by atoms with van der Waals surface area (Å²) in [6.07, 6.45) is 1.22. The number of carbonyl (C=O) groups is 2. The molecule has 4 nitrogen and oxygen atoms in total. The molecule has 2 aromatic carbocycles. The van der Waals surface area contributed by atoms with Crippen LogP contribution in [0, 0.1) is 13.8 Å². The van der Waals surface area contributed by atoms with Crippen LogP contribution in [0.1, 0.15) is 27.0 Å². The fraction of sp³-hybridized carbons (Fsp3) is 0.158. The lowest BCUT2D eigenvalue weighted by molar-refractivity contribution is -0.116. The van der Waals surface area contributed by atoms with Gasteiger partial charge in [-0.05, 0) is 54.8 Å². The number of benzene rings is 2. The van der Waals surface area contributed by atoms with E-state index in [0.717, 1.165) is 16.7 Å². The molecule has 0 bridgehead atoms. The highest BCUT2D eigenvalue weighted by Gasteiger charge is 2.10. The zero-order valence-electron chi connectivity index (χ0n) is 13.3. The van der Waals surface area contributed by atoms with Gasteiger partial charge in [0.2, 0.25) is 5.91 Å². The number of hydrogen-bond acceptors (Lipinski definition) is 3. The quantitative estimate of drug-likeness (QED) is 0.523. The molecule has 0 saturated heterocycles. The molecule has 0 aliphatic rings. The zero-order chi connectivity index (χ0) is 16.8. The SMILES string of the molecule is C=CC(=O)NCc1ccc(C(=O)Oc2cc(C)ccc2C)cc1. The fourth-order valence-electron chi connectivity index (χ4n) is 2.00. The second-order valence-electron chi connectivity index (χ2n) is 5.28. The van der Waals surface area contributed by atoms with Crippen molar-refractivity contribution >= 4 is 11.9 Å². The number of esters is 1. The number of aryl methyl sites for hydroxylation is 2. The predicted octanol–water partition coefficient (Wildman–Crippen LogP) is 3.32. The highest BCUT2D eigenvalue weighted by atomic mass is 16.5. The van der Waals surface area contributed by atoms with Gasteiger partial charge in [0, 0.05) is 6.54 Å². The minimum atomic E-state index is -0.402. The Morgan fingerprint density at radius 1 is 1.13 bits per heavy atom. The summed E-state index contributed by atoms with van der Waals surface area (Å²) in [6.45, 7) is 7.62. The van der Waals surface area contributed by atoms with Crippen LogP contribution in [0.5, 0.6) is 5.75 Å². The number of ether oxygens (including phenoxy) is 1. The molecule has 4 heteroatoms. The molecule has 0 fully saturated rings. The van der Waals surface area contributed by atoms with Gasteiger partial charge in [0.05, 0.1) is 5.56 Å². The number of amides is 1.